The largest absolute Gasteiger partial charge is 0.477 e. The Bertz CT molecular complexity index is 492. The summed E-state index contributed by atoms with van der Waals surface area (Å²) < 4.78 is 5.23. The maximum absolute atomic E-state index is 11.6. The molecule has 0 atom stereocenters. The Morgan fingerprint density at radius 1 is 1.42 bits per heavy atom. The normalized spacial score (nSPS) is 10.9. The molecule has 19 heavy (non-hydrogen) atoms. The molecule has 0 fully saturated rings. The van der Waals surface area contributed by atoms with E-state index in [1.54, 1.807) is 19.1 Å². The lowest BCUT2D eigenvalue weighted by atomic mass is 10.1. The number of rotatable bonds is 4. The Hall–Kier alpha value is -2.11. The van der Waals surface area contributed by atoms with Crippen LogP contribution in [0.25, 0.3) is 0 Å². The van der Waals surface area contributed by atoms with Crippen molar-refractivity contribution in [3.63, 3.8) is 0 Å². The number of nitrogens with zero attached hydrogens (tertiary/aromatic N) is 1. The summed E-state index contributed by atoms with van der Waals surface area (Å²) >= 11 is 0. The average molecular weight is 266 g/mol. The number of benzene rings is 1. The van der Waals surface area contributed by atoms with Gasteiger partial charge in [0.2, 0.25) is 0 Å². The molecule has 1 rings (SSSR count). The van der Waals surface area contributed by atoms with Crippen LogP contribution >= 0.6 is 0 Å². The number of carbonyl (C=O) groups is 1. The minimum Gasteiger partial charge on any atom is -0.477 e. The fourth-order valence-electron chi connectivity index (χ4n) is 1.49. The van der Waals surface area contributed by atoms with Crippen LogP contribution in [0.3, 0.4) is 0 Å². The third-order valence-electron chi connectivity index (χ3n) is 2.19. The lowest BCUT2D eigenvalue weighted by Crippen LogP contribution is -2.43. The molecule has 0 saturated carbocycles. The summed E-state index contributed by atoms with van der Waals surface area (Å²) in [6.45, 7) is 7.09. The van der Waals surface area contributed by atoms with Gasteiger partial charge >= 0.3 is 5.69 Å². The maximum atomic E-state index is 11.6. The zero-order valence-electron chi connectivity index (χ0n) is 11.5. The van der Waals surface area contributed by atoms with Crippen LogP contribution in [-0.4, -0.2) is 23.0 Å². The molecule has 1 N–H and O–H groups in total. The highest BCUT2D eigenvalue weighted by Gasteiger charge is 2.18. The first-order valence-electron chi connectivity index (χ1n) is 5.88. The van der Waals surface area contributed by atoms with Crippen LogP contribution in [0, 0.1) is 17.0 Å². The van der Waals surface area contributed by atoms with E-state index in [0.29, 0.717) is 0 Å². The highest BCUT2D eigenvalue weighted by Crippen LogP contribution is 2.27. The number of nitrogens with one attached hydrogen (secondary N) is 1. The molecule has 6 heteroatoms. The molecular weight excluding hydrogens is 248 g/mol. The second kappa shape index (κ2) is 5.69. The number of ether oxygens (including phenoxy) is 1. The minimum atomic E-state index is -0.531. The van der Waals surface area contributed by atoms with Crippen LogP contribution in [0.2, 0.25) is 0 Å². The molecule has 1 aromatic rings. The quantitative estimate of drug-likeness (QED) is 0.669. The fraction of sp³-hybridized carbons (Fsp3) is 0.462. The molecule has 0 spiro atoms. The standard InChI is InChI=1S/C13H18N2O4/c1-9-5-6-10(15(17)18)11(7-9)19-8-12(16)14-13(2,3)4/h5-7H,8H2,1-4H3,(H,14,16). The van der Waals surface area contributed by atoms with Crippen molar-refractivity contribution in [3.05, 3.63) is 33.9 Å². The number of amides is 1. The SMILES string of the molecule is Cc1ccc([N+](=O)[O-])c(OCC(=O)NC(C)(C)C)c1. The predicted octanol–water partition coefficient (Wildman–Crippen LogP) is 2.20. The van der Waals surface area contributed by atoms with Crippen molar-refractivity contribution < 1.29 is 14.5 Å². The van der Waals surface area contributed by atoms with Crippen LogP contribution in [0.5, 0.6) is 5.75 Å². The van der Waals surface area contributed by atoms with Gasteiger partial charge in [0.05, 0.1) is 4.92 Å². The van der Waals surface area contributed by atoms with Gasteiger partial charge in [-0.1, -0.05) is 6.07 Å². The van der Waals surface area contributed by atoms with Crippen molar-refractivity contribution in [1.82, 2.24) is 5.32 Å². The van der Waals surface area contributed by atoms with Crippen LogP contribution in [0.4, 0.5) is 5.69 Å². The van der Waals surface area contributed by atoms with E-state index in [1.165, 1.54) is 6.07 Å². The van der Waals surface area contributed by atoms with Gasteiger partial charge in [0.15, 0.2) is 12.4 Å². The van der Waals surface area contributed by atoms with E-state index in [4.69, 9.17) is 4.74 Å². The number of nitro groups is 1. The second-order valence-electron chi connectivity index (χ2n) is 5.32. The van der Waals surface area contributed by atoms with Crippen molar-refractivity contribution in [2.24, 2.45) is 0 Å². The zero-order chi connectivity index (χ0) is 14.6. The highest BCUT2D eigenvalue weighted by atomic mass is 16.6. The van der Waals surface area contributed by atoms with E-state index in [0.717, 1.165) is 5.56 Å². The van der Waals surface area contributed by atoms with Crippen LogP contribution in [0.1, 0.15) is 26.3 Å². The second-order valence-corrected chi connectivity index (χ2v) is 5.32. The molecular formula is C13H18N2O4. The summed E-state index contributed by atoms with van der Waals surface area (Å²) in [6.07, 6.45) is 0. The maximum Gasteiger partial charge on any atom is 0.310 e. The van der Waals surface area contributed by atoms with E-state index in [9.17, 15) is 14.9 Å². The van der Waals surface area contributed by atoms with E-state index in [-0.39, 0.29) is 29.5 Å². The first-order chi connectivity index (χ1) is 8.69. The average Bonchev–Trinajstić information content (AvgIpc) is 2.23. The Morgan fingerprint density at radius 2 is 2.05 bits per heavy atom. The van der Waals surface area contributed by atoms with E-state index >= 15 is 0 Å². The number of hydrogen-bond donors (Lipinski definition) is 1. The molecule has 0 aromatic heterocycles. The van der Waals surface area contributed by atoms with E-state index in [1.807, 2.05) is 20.8 Å². The molecule has 0 saturated heterocycles. The summed E-state index contributed by atoms with van der Waals surface area (Å²) in [5.41, 5.74) is 0.324. The molecule has 0 unspecified atom stereocenters. The molecule has 0 aliphatic heterocycles. The van der Waals surface area contributed by atoms with Crippen molar-refractivity contribution in [3.8, 4) is 5.75 Å². The van der Waals surface area contributed by atoms with Crippen molar-refractivity contribution in [2.45, 2.75) is 33.2 Å². The van der Waals surface area contributed by atoms with Crippen LogP contribution < -0.4 is 10.1 Å². The van der Waals surface area contributed by atoms with E-state index < -0.39 is 4.92 Å². The molecule has 1 amide bonds. The van der Waals surface area contributed by atoms with Gasteiger partial charge in [-0.2, -0.15) is 0 Å². The molecule has 0 heterocycles. The zero-order valence-corrected chi connectivity index (χ0v) is 11.5. The molecule has 104 valence electrons. The van der Waals surface area contributed by atoms with Crippen molar-refractivity contribution in [1.29, 1.82) is 0 Å². The monoisotopic (exact) mass is 266 g/mol. The van der Waals surface area contributed by atoms with Crippen LogP contribution in [0.15, 0.2) is 18.2 Å². The lowest BCUT2D eigenvalue weighted by Gasteiger charge is -2.20. The third kappa shape index (κ3) is 4.95. The summed E-state index contributed by atoms with van der Waals surface area (Å²) in [4.78, 5) is 21.9. The molecule has 6 nitrogen and oxygen atoms in total. The molecule has 0 radical (unpaired) electrons. The number of carbonyl (C=O) groups excluding carboxylic acids is 1. The lowest BCUT2D eigenvalue weighted by molar-refractivity contribution is -0.385. The van der Waals surface area contributed by atoms with E-state index in [2.05, 4.69) is 5.32 Å². The van der Waals surface area contributed by atoms with Gasteiger partial charge in [0.25, 0.3) is 5.91 Å². The van der Waals surface area contributed by atoms with Gasteiger partial charge in [-0.25, -0.2) is 0 Å². The van der Waals surface area contributed by atoms with Gasteiger partial charge in [0, 0.05) is 11.6 Å². The molecule has 0 aliphatic rings. The van der Waals surface area contributed by atoms with Gasteiger partial charge in [0.1, 0.15) is 0 Å². The Labute approximate surface area is 111 Å². The summed E-state index contributed by atoms with van der Waals surface area (Å²) in [6, 6.07) is 4.54. The molecule has 1 aromatic carbocycles. The van der Waals surface area contributed by atoms with Crippen LogP contribution in [-0.2, 0) is 4.79 Å². The highest BCUT2D eigenvalue weighted by molar-refractivity contribution is 5.78. The summed E-state index contributed by atoms with van der Waals surface area (Å²) in [5.74, 6) is -0.211. The number of nitro benzene ring substituents is 1. The van der Waals surface area contributed by atoms with Gasteiger partial charge in [-0.3, -0.25) is 14.9 Å². The Morgan fingerprint density at radius 3 is 2.58 bits per heavy atom. The first-order valence-corrected chi connectivity index (χ1v) is 5.88. The van der Waals surface area contributed by atoms with Gasteiger partial charge in [-0.15, -0.1) is 0 Å². The van der Waals surface area contributed by atoms with Gasteiger partial charge < -0.3 is 10.1 Å². The fourth-order valence-corrected chi connectivity index (χ4v) is 1.49. The Balaban J connectivity index is 2.75. The summed E-state index contributed by atoms with van der Waals surface area (Å²) in [7, 11) is 0. The Kier molecular flexibility index (Phi) is 4.47. The topological polar surface area (TPSA) is 81.5 Å². The smallest absolute Gasteiger partial charge is 0.310 e. The number of aryl methyl sites for hydroxylation is 1. The summed E-state index contributed by atoms with van der Waals surface area (Å²) in [5, 5.41) is 13.6. The van der Waals surface area contributed by atoms with Gasteiger partial charge in [-0.05, 0) is 39.3 Å². The number of hydrogen-bond acceptors (Lipinski definition) is 4. The first kappa shape index (κ1) is 14.9. The van der Waals surface area contributed by atoms with Crippen molar-refractivity contribution >= 4 is 11.6 Å². The third-order valence-corrected chi connectivity index (χ3v) is 2.19. The minimum absolute atomic E-state index is 0.106. The van der Waals surface area contributed by atoms with Crippen molar-refractivity contribution in [2.75, 3.05) is 6.61 Å². The predicted molar refractivity (Wildman–Crippen MR) is 71.2 cm³/mol. The molecule has 0 aliphatic carbocycles. The molecule has 0 bridgehead atoms.